The van der Waals surface area contributed by atoms with Gasteiger partial charge in [-0.05, 0) is 106 Å². The molecule has 6 aliphatic rings. The van der Waals surface area contributed by atoms with Crippen LogP contribution in [0.5, 0.6) is 0 Å². The van der Waals surface area contributed by atoms with Crippen LogP contribution in [-0.2, 0) is 23.7 Å². The first-order valence-corrected chi connectivity index (χ1v) is 20.1. The van der Waals surface area contributed by atoms with E-state index in [4.69, 9.17) is 18.9 Å². The number of rotatable bonds is 14. The lowest BCUT2D eigenvalue weighted by atomic mass is 9.43. The van der Waals surface area contributed by atoms with E-state index in [1.54, 1.807) is 13.8 Å². The SMILES string of the molecule is CC(C)(N=O)C(=O)CCCC1CCC2C3CC=C4C(CC[C@H](O[C@H]5C[C@@H](N=O)C[C@@H](CO[C@H]6C[C@@H](N=O)C[C@@H](CO)O6)O5)C4(C)C)[C@]3(C)CC[C@]12C. The van der Waals surface area contributed by atoms with Crippen LogP contribution < -0.4 is 0 Å². The summed E-state index contributed by atoms with van der Waals surface area (Å²) in [5.41, 5.74) is 0.692. The average Bonchev–Trinajstić information content (AvgIpc) is 3.47. The lowest BCUT2D eigenvalue weighted by Gasteiger charge is -2.62. The smallest absolute Gasteiger partial charge is 0.163 e. The number of nitrogens with zero attached hydrogens (tertiary/aromatic N) is 3. The van der Waals surface area contributed by atoms with Crippen molar-refractivity contribution in [2.45, 2.75) is 180 Å². The molecule has 0 spiro atoms. The molecule has 2 saturated heterocycles. The Hall–Kier alpha value is -1.99. The van der Waals surface area contributed by atoms with Crippen molar-refractivity contribution in [2.75, 3.05) is 13.2 Å². The summed E-state index contributed by atoms with van der Waals surface area (Å²) in [7, 11) is 0. The highest BCUT2D eigenvalue weighted by atomic mass is 16.7. The van der Waals surface area contributed by atoms with Gasteiger partial charge in [0.2, 0.25) is 0 Å². The van der Waals surface area contributed by atoms with Crippen LogP contribution in [0.1, 0.15) is 131 Å². The number of carbonyl (C=O) groups excluding carboxylic acids is 1. The maximum atomic E-state index is 12.6. The second-order valence-corrected chi connectivity index (χ2v) is 18.7. The molecule has 0 aromatic rings. The Balaban J connectivity index is 1.08. The van der Waals surface area contributed by atoms with E-state index in [1.165, 1.54) is 31.3 Å². The van der Waals surface area contributed by atoms with Gasteiger partial charge < -0.3 is 24.1 Å². The molecule has 4 unspecified atom stereocenters. The molecule has 292 valence electrons. The summed E-state index contributed by atoms with van der Waals surface area (Å²) in [6, 6.07) is -0.926. The number of Topliss-reactive ketones (excluding diaryl/α,β-unsaturated/α-hetero) is 1. The zero-order valence-corrected chi connectivity index (χ0v) is 32.3. The highest BCUT2D eigenvalue weighted by Crippen LogP contribution is 2.69. The van der Waals surface area contributed by atoms with E-state index in [0.29, 0.717) is 55.8 Å². The average molecular weight is 730 g/mol. The number of ether oxygens (including phenoxy) is 4. The molecule has 4 aliphatic carbocycles. The molecule has 2 aliphatic heterocycles. The minimum Gasteiger partial charge on any atom is -0.394 e. The summed E-state index contributed by atoms with van der Waals surface area (Å²) < 4.78 is 24.9. The third kappa shape index (κ3) is 7.62. The zero-order valence-electron chi connectivity index (χ0n) is 32.3. The van der Waals surface area contributed by atoms with Gasteiger partial charge in [0.1, 0.15) is 0 Å². The summed E-state index contributed by atoms with van der Waals surface area (Å²) in [6.07, 6.45) is 12.1. The number of hydrogen-bond donors (Lipinski definition) is 1. The maximum Gasteiger partial charge on any atom is 0.163 e. The molecule has 0 bridgehead atoms. The fourth-order valence-corrected chi connectivity index (χ4v) is 11.7. The Bertz CT molecular complexity index is 1360. The van der Waals surface area contributed by atoms with Crippen molar-refractivity contribution in [2.24, 2.45) is 55.4 Å². The van der Waals surface area contributed by atoms with E-state index in [2.05, 4.69) is 49.3 Å². The Labute approximate surface area is 309 Å². The highest BCUT2D eigenvalue weighted by Gasteiger charge is 2.62. The third-order valence-corrected chi connectivity index (χ3v) is 15.0. The molecule has 13 atom stereocenters. The molecule has 0 aromatic carbocycles. The van der Waals surface area contributed by atoms with Gasteiger partial charge in [-0.15, -0.1) is 4.91 Å². The quantitative estimate of drug-likeness (QED) is 0.137. The standard InChI is InChI=1S/C40H63N3O9/c1-37(2)29-12-13-32-31-11-10-24(8-7-9-33(45)38(3,4)43-48)39(31,5)16-17-40(32,6)30(29)14-15-34(37)52-36-21-26(42-47)19-28(51-36)23-49-35-20-25(41-46)18-27(22-44)50-35/h12,24-28,30-32,34-36,44H,7-11,13-23H2,1-6H3/t24?,25-,26-,27-,28-,30?,31?,32?,34-,35+,36-,39+,40-/m0/s1. The second-order valence-electron chi connectivity index (χ2n) is 18.7. The Morgan fingerprint density at radius 1 is 0.885 bits per heavy atom. The van der Waals surface area contributed by atoms with Gasteiger partial charge in [0.25, 0.3) is 0 Å². The summed E-state index contributed by atoms with van der Waals surface area (Å²) in [5, 5.41) is 19.2. The zero-order chi connectivity index (χ0) is 37.5. The van der Waals surface area contributed by atoms with Crippen molar-refractivity contribution in [3.05, 3.63) is 26.4 Å². The lowest BCUT2D eigenvalue weighted by molar-refractivity contribution is -0.263. The van der Waals surface area contributed by atoms with Crippen molar-refractivity contribution in [1.82, 2.24) is 0 Å². The predicted octanol–water partition coefficient (Wildman–Crippen LogP) is 8.16. The number of hydrogen-bond acceptors (Lipinski definition) is 12. The Morgan fingerprint density at radius 3 is 2.25 bits per heavy atom. The monoisotopic (exact) mass is 729 g/mol. The maximum absolute atomic E-state index is 12.6. The van der Waals surface area contributed by atoms with Gasteiger partial charge in [0.05, 0.1) is 43.6 Å². The molecule has 0 aromatic heterocycles. The Morgan fingerprint density at radius 2 is 1.56 bits per heavy atom. The van der Waals surface area contributed by atoms with Crippen LogP contribution in [0.4, 0.5) is 0 Å². The number of carbonyl (C=O) groups is 1. The summed E-state index contributed by atoms with van der Waals surface area (Å²) in [4.78, 5) is 46.7. The predicted molar refractivity (Wildman–Crippen MR) is 196 cm³/mol. The van der Waals surface area contributed by atoms with E-state index in [0.717, 1.165) is 32.1 Å². The van der Waals surface area contributed by atoms with Crippen molar-refractivity contribution in [1.29, 1.82) is 0 Å². The van der Waals surface area contributed by atoms with Crippen LogP contribution in [0.25, 0.3) is 0 Å². The van der Waals surface area contributed by atoms with E-state index in [9.17, 15) is 24.6 Å². The first-order valence-electron chi connectivity index (χ1n) is 20.1. The number of ketones is 1. The molecule has 5 fully saturated rings. The molecule has 6 rings (SSSR count). The molecule has 0 radical (unpaired) electrons. The van der Waals surface area contributed by atoms with Gasteiger partial charge >= 0.3 is 0 Å². The fourth-order valence-electron chi connectivity index (χ4n) is 11.7. The van der Waals surface area contributed by atoms with Gasteiger partial charge in [-0.2, -0.15) is 9.81 Å². The molecule has 2 heterocycles. The third-order valence-electron chi connectivity index (χ3n) is 15.0. The number of allylic oxidation sites excluding steroid dienone is 1. The second kappa shape index (κ2) is 15.6. The van der Waals surface area contributed by atoms with Crippen LogP contribution in [0.2, 0.25) is 0 Å². The molecule has 12 nitrogen and oxygen atoms in total. The van der Waals surface area contributed by atoms with Gasteiger partial charge in [-0.25, -0.2) is 0 Å². The van der Waals surface area contributed by atoms with Gasteiger partial charge in [-0.1, -0.05) is 54.9 Å². The van der Waals surface area contributed by atoms with E-state index in [1.807, 2.05) is 0 Å². The van der Waals surface area contributed by atoms with Crippen LogP contribution in [0.3, 0.4) is 0 Å². The first-order chi connectivity index (χ1) is 24.7. The molecule has 3 saturated carbocycles. The number of fused-ring (bicyclic) bond motifs is 5. The van der Waals surface area contributed by atoms with Gasteiger partial charge in [0, 0.05) is 37.5 Å². The van der Waals surface area contributed by atoms with Crippen molar-refractivity contribution in [3.63, 3.8) is 0 Å². The number of aliphatic hydroxyl groups is 1. The highest BCUT2D eigenvalue weighted by molar-refractivity contribution is 5.87. The normalized spacial score (nSPS) is 43.0. The molecule has 1 N–H and O–H groups in total. The summed E-state index contributed by atoms with van der Waals surface area (Å²) >= 11 is 0. The van der Waals surface area contributed by atoms with Crippen LogP contribution in [0, 0.1) is 54.6 Å². The lowest BCUT2D eigenvalue weighted by Crippen LogP contribution is -2.55. The fraction of sp³-hybridized carbons (Fsp3) is 0.925. The molecule has 12 heteroatoms. The summed E-state index contributed by atoms with van der Waals surface area (Å²) in [5.74, 6) is 2.37. The van der Waals surface area contributed by atoms with Crippen LogP contribution in [0.15, 0.2) is 27.2 Å². The summed E-state index contributed by atoms with van der Waals surface area (Å²) in [6.45, 7) is 12.9. The molecular formula is C40H63N3O9. The number of nitroso groups, excluding NO2 is 3. The minimum atomic E-state index is -1.13. The van der Waals surface area contributed by atoms with Crippen molar-refractivity contribution < 1.29 is 28.8 Å². The molecule has 52 heavy (non-hydrogen) atoms. The topological polar surface area (TPSA) is 163 Å². The van der Waals surface area contributed by atoms with Crippen molar-refractivity contribution in [3.8, 4) is 0 Å². The van der Waals surface area contributed by atoms with Crippen LogP contribution >= 0.6 is 0 Å². The van der Waals surface area contributed by atoms with E-state index >= 15 is 0 Å². The first kappa shape index (κ1) is 39.7. The van der Waals surface area contributed by atoms with Gasteiger partial charge in [-0.3, -0.25) is 4.79 Å². The largest absolute Gasteiger partial charge is 0.394 e. The van der Waals surface area contributed by atoms with Crippen molar-refractivity contribution >= 4 is 5.78 Å². The minimum absolute atomic E-state index is 0.0512. The van der Waals surface area contributed by atoms with E-state index in [-0.39, 0.29) is 41.3 Å². The number of aliphatic hydroxyl groups excluding tert-OH is 1. The van der Waals surface area contributed by atoms with E-state index < -0.39 is 42.4 Å². The molecule has 0 amide bonds. The van der Waals surface area contributed by atoms with Gasteiger partial charge in [0.15, 0.2) is 23.9 Å². The Kier molecular flexibility index (Phi) is 11.9. The van der Waals surface area contributed by atoms with Crippen LogP contribution in [-0.4, -0.2) is 72.6 Å². The molecular weight excluding hydrogens is 666 g/mol.